The lowest BCUT2D eigenvalue weighted by molar-refractivity contribution is 0.261. The van der Waals surface area contributed by atoms with Crippen molar-refractivity contribution in [3.8, 4) is 0 Å². The molecule has 1 aliphatic rings. The molecule has 2 aromatic carbocycles. The predicted octanol–water partition coefficient (Wildman–Crippen LogP) is 5.40. The van der Waals surface area contributed by atoms with E-state index >= 15 is 0 Å². The van der Waals surface area contributed by atoms with Crippen LogP contribution in [-0.4, -0.2) is 25.9 Å². The van der Waals surface area contributed by atoms with E-state index in [1.807, 2.05) is 60.7 Å². The van der Waals surface area contributed by atoms with Crippen LogP contribution in [0.3, 0.4) is 0 Å². The average Bonchev–Trinajstić information content (AvgIpc) is 2.75. The van der Waals surface area contributed by atoms with Crippen LogP contribution >= 0.6 is 7.60 Å². The minimum atomic E-state index is -3.34. The highest BCUT2D eigenvalue weighted by Gasteiger charge is 2.40. The van der Waals surface area contributed by atoms with Crippen LogP contribution in [0.15, 0.2) is 84.7 Å². The molecule has 28 heavy (non-hydrogen) atoms. The van der Waals surface area contributed by atoms with E-state index in [0.717, 1.165) is 11.1 Å². The van der Waals surface area contributed by atoms with E-state index in [0.29, 0.717) is 6.42 Å². The van der Waals surface area contributed by atoms with Crippen LogP contribution < -0.4 is 5.32 Å². The third-order valence-electron chi connectivity index (χ3n) is 4.95. The zero-order valence-electron chi connectivity index (χ0n) is 16.0. The normalized spacial score (nSPS) is 19.6. The largest absolute Gasteiger partial charge is 0.332 e. The van der Waals surface area contributed by atoms with Gasteiger partial charge in [0.1, 0.15) is 5.83 Å². The van der Waals surface area contributed by atoms with Crippen molar-refractivity contribution in [3.05, 3.63) is 95.8 Å². The fourth-order valence-electron chi connectivity index (χ4n) is 3.41. The Kier molecular flexibility index (Phi) is 6.63. The fourth-order valence-corrected chi connectivity index (χ4v) is 4.84. The molecule has 2 aromatic rings. The number of hydrogen-bond acceptors (Lipinski definition) is 4. The molecule has 0 heterocycles. The molecule has 0 bridgehead atoms. The average molecular weight is 401 g/mol. The zero-order chi connectivity index (χ0) is 20.0. The Hall–Kier alpha value is -2.04. The van der Waals surface area contributed by atoms with Gasteiger partial charge in [-0.3, -0.25) is 9.88 Å². The number of rotatable bonds is 8. The van der Waals surface area contributed by atoms with Gasteiger partial charge in [-0.25, -0.2) is 4.39 Å². The smallest absolute Gasteiger partial charge is 0.312 e. The predicted molar refractivity (Wildman–Crippen MR) is 110 cm³/mol. The van der Waals surface area contributed by atoms with Crippen molar-refractivity contribution in [2.75, 3.05) is 20.4 Å². The van der Waals surface area contributed by atoms with E-state index in [-0.39, 0.29) is 18.0 Å². The van der Waals surface area contributed by atoms with Crippen LogP contribution in [-0.2, 0) is 13.6 Å². The summed E-state index contributed by atoms with van der Waals surface area (Å²) < 4.78 is 37.0. The van der Waals surface area contributed by atoms with E-state index < -0.39 is 13.1 Å². The molecule has 6 heteroatoms. The van der Waals surface area contributed by atoms with Gasteiger partial charge in [0.25, 0.3) is 0 Å². The highest BCUT2D eigenvalue weighted by atomic mass is 31.2. The Bertz CT molecular complexity index is 838. The van der Waals surface area contributed by atoms with Crippen molar-refractivity contribution in [1.29, 1.82) is 0 Å². The first-order chi connectivity index (χ1) is 13.5. The Morgan fingerprint density at radius 2 is 1.57 bits per heavy atom. The summed E-state index contributed by atoms with van der Waals surface area (Å²) in [5, 5.41) is 3.62. The third kappa shape index (κ3) is 4.86. The molecule has 0 saturated carbocycles. The van der Waals surface area contributed by atoms with E-state index in [9.17, 15) is 8.96 Å². The Labute approximate surface area is 165 Å². The van der Waals surface area contributed by atoms with Crippen LogP contribution in [0.5, 0.6) is 0 Å². The lowest BCUT2D eigenvalue weighted by Crippen LogP contribution is -2.49. The number of halogens is 1. The van der Waals surface area contributed by atoms with Crippen molar-refractivity contribution in [2.24, 2.45) is 0 Å². The topological polar surface area (TPSA) is 47.6 Å². The molecule has 0 amide bonds. The van der Waals surface area contributed by atoms with Crippen molar-refractivity contribution in [3.63, 3.8) is 0 Å². The maximum atomic E-state index is 13.7. The van der Waals surface area contributed by atoms with Crippen LogP contribution in [0, 0.1) is 0 Å². The maximum Gasteiger partial charge on any atom is 0.332 e. The molecule has 1 aliphatic carbocycles. The molecule has 0 radical (unpaired) electrons. The van der Waals surface area contributed by atoms with Gasteiger partial charge < -0.3 is 9.05 Å². The molecule has 0 aromatic heterocycles. The summed E-state index contributed by atoms with van der Waals surface area (Å²) in [7, 11) is -0.604. The summed E-state index contributed by atoms with van der Waals surface area (Å²) in [6, 6.07) is 19.8. The molecule has 0 fully saturated rings. The van der Waals surface area contributed by atoms with E-state index in [4.69, 9.17) is 9.05 Å². The third-order valence-corrected chi connectivity index (χ3v) is 7.02. The van der Waals surface area contributed by atoms with E-state index in [2.05, 4.69) is 5.32 Å². The summed E-state index contributed by atoms with van der Waals surface area (Å²) in [6.45, 7) is 0. The van der Waals surface area contributed by atoms with Gasteiger partial charge in [-0.1, -0.05) is 66.7 Å². The van der Waals surface area contributed by atoms with Gasteiger partial charge in [0.05, 0.1) is 17.7 Å². The second-order valence-electron chi connectivity index (χ2n) is 6.82. The monoisotopic (exact) mass is 401 g/mol. The summed E-state index contributed by atoms with van der Waals surface area (Å²) in [6.07, 6.45) is 5.05. The highest BCUT2D eigenvalue weighted by molar-refractivity contribution is 7.53. The first-order valence-corrected chi connectivity index (χ1v) is 10.8. The lowest BCUT2D eigenvalue weighted by Gasteiger charge is -2.38. The summed E-state index contributed by atoms with van der Waals surface area (Å²) in [5.41, 5.74) is 1.33. The van der Waals surface area contributed by atoms with Gasteiger partial charge in [-0.15, -0.1) is 0 Å². The summed E-state index contributed by atoms with van der Waals surface area (Å²) in [5.74, 6) is -0.307. The lowest BCUT2D eigenvalue weighted by atomic mass is 9.89. The Morgan fingerprint density at radius 3 is 2.00 bits per heavy atom. The highest BCUT2D eigenvalue weighted by Crippen LogP contribution is 2.51. The second-order valence-corrected chi connectivity index (χ2v) is 9.08. The molecule has 0 unspecified atom stereocenters. The Balaban J connectivity index is 2.01. The van der Waals surface area contributed by atoms with Crippen LogP contribution in [0.1, 0.15) is 23.6 Å². The molecule has 148 valence electrons. The van der Waals surface area contributed by atoms with Crippen molar-refractivity contribution >= 4 is 7.60 Å². The summed E-state index contributed by atoms with van der Waals surface area (Å²) in [4.78, 5) is 0. The molecule has 0 saturated heterocycles. The molecule has 1 N–H and O–H groups in total. The SMILES string of the molecule is COP(=O)(C[C@@]1(NC(c2ccccc2)c2ccccc2)C=CC(F)=CC1)OC. The van der Waals surface area contributed by atoms with Crippen molar-refractivity contribution in [1.82, 2.24) is 5.32 Å². The molecular weight excluding hydrogens is 376 g/mol. The van der Waals surface area contributed by atoms with Crippen LogP contribution in [0.25, 0.3) is 0 Å². The molecular formula is C22H25FNO3P. The maximum absolute atomic E-state index is 13.7. The van der Waals surface area contributed by atoms with Gasteiger partial charge in [0, 0.05) is 14.2 Å². The molecule has 4 nitrogen and oxygen atoms in total. The van der Waals surface area contributed by atoms with Gasteiger partial charge in [-0.05, 0) is 29.7 Å². The number of benzene rings is 2. The zero-order valence-corrected chi connectivity index (χ0v) is 16.9. The molecule has 0 spiro atoms. The van der Waals surface area contributed by atoms with Gasteiger partial charge in [0.2, 0.25) is 0 Å². The standard InChI is InChI=1S/C22H25FNO3P/c1-26-28(25,27-2)17-22(15-13-20(23)14-16-22)24-21(18-9-5-3-6-10-18)19-11-7-4-8-12-19/h3-15,21,24H,16-17H2,1-2H3/t22-/m1/s1. The molecule has 1 atom stereocenters. The van der Waals surface area contributed by atoms with Crippen LogP contribution in [0.4, 0.5) is 4.39 Å². The second kappa shape index (κ2) is 8.97. The first-order valence-electron chi connectivity index (χ1n) is 9.12. The van der Waals surface area contributed by atoms with Crippen LogP contribution in [0.2, 0.25) is 0 Å². The van der Waals surface area contributed by atoms with E-state index in [1.54, 1.807) is 6.08 Å². The minimum Gasteiger partial charge on any atom is -0.312 e. The summed E-state index contributed by atoms with van der Waals surface area (Å²) >= 11 is 0. The van der Waals surface area contributed by atoms with Crippen molar-refractivity contribution in [2.45, 2.75) is 18.0 Å². The molecule has 3 rings (SSSR count). The number of hydrogen-bond donors (Lipinski definition) is 1. The minimum absolute atomic E-state index is 0.0868. The number of nitrogens with one attached hydrogen (secondary N) is 1. The van der Waals surface area contributed by atoms with E-state index in [1.165, 1.54) is 26.4 Å². The quantitative estimate of drug-likeness (QED) is 0.602. The Morgan fingerprint density at radius 1 is 1.04 bits per heavy atom. The van der Waals surface area contributed by atoms with Gasteiger partial charge >= 0.3 is 7.60 Å². The van der Waals surface area contributed by atoms with Gasteiger partial charge in [0.15, 0.2) is 0 Å². The van der Waals surface area contributed by atoms with Gasteiger partial charge in [-0.2, -0.15) is 0 Å². The number of allylic oxidation sites excluding steroid dienone is 2. The van der Waals surface area contributed by atoms with Crippen molar-refractivity contribution < 1.29 is 18.0 Å². The fraction of sp³-hybridized carbons (Fsp3) is 0.273. The molecule has 0 aliphatic heterocycles. The first kappa shape index (κ1) is 20.7.